The maximum absolute atomic E-state index is 12.7. The standard InChI is InChI=1S/C27H49NO23S4/c1-19(29)28-23-20(49-53(37,38)39)17-27(26(32)33,46-16-14-12-10-8-6-4-2-3-5-7-9-11-13-15-22(30)31)48-25(23)24(51-55(43,44)45)21(50-54(40,41)42)18-47-52(34,35)36/h20-21,23-25H,2-18H2,1H3,(H,28,29)(H,30,31)(H,32,33)(H,34,35,36)(H,37,38,39)(H,40,41,42)(H,43,44,45)/t20-,21+,23+,24+,25+,27+/m0/s1. The summed E-state index contributed by atoms with van der Waals surface area (Å²) in [6.07, 6.45) is -1.19. The van der Waals surface area contributed by atoms with Gasteiger partial charge in [0.25, 0.3) is 5.79 Å². The van der Waals surface area contributed by atoms with E-state index >= 15 is 0 Å². The summed E-state index contributed by atoms with van der Waals surface area (Å²) >= 11 is 0. The molecule has 1 saturated heterocycles. The first-order valence-electron chi connectivity index (χ1n) is 16.9. The molecule has 0 saturated carbocycles. The van der Waals surface area contributed by atoms with Crippen molar-refractivity contribution in [3.05, 3.63) is 0 Å². The molecule has 55 heavy (non-hydrogen) atoms. The van der Waals surface area contributed by atoms with Crippen molar-refractivity contribution < 1.29 is 103 Å². The minimum atomic E-state index is -5.86. The number of carboxylic acids is 2. The van der Waals surface area contributed by atoms with E-state index in [0.717, 1.165) is 64.7 Å². The number of rotatable bonds is 30. The van der Waals surface area contributed by atoms with Gasteiger partial charge in [0.2, 0.25) is 5.91 Å². The molecule has 0 aromatic heterocycles. The molecule has 28 heteroatoms. The Morgan fingerprint density at radius 3 is 1.58 bits per heavy atom. The van der Waals surface area contributed by atoms with E-state index in [9.17, 15) is 66.8 Å². The van der Waals surface area contributed by atoms with Crippen LogP contribution in [0.5, 0.6) is 0 Å². The fourth-order valence-corrected chi connectivity index (χ4v) is 7.48. The van der Waals surface area contributed by atoms with E-state index < -0.39 is 115 Å². The number of amides is 1. The molecular weight excluding hydrogens is 835 g/mol. The Kier molecular flexibility index (Phi) is 21.5. The van der Waals surface area contributed by atoms with Gasteiger partial charge in [-0.05, 0) is 12.8 Å². The van der Waals surface area contributed by atoms with Crippen LogP contribution in [0.3, 0.4) is 0 Å². The van der Waals surface area contributed by atoms with Crippen LogP contribution in [0.15, 0.2) is 0 Å². The molecule has 1 heterocycles. The van der Waals surface area contributed by atoms with Crippen LogP contribution < -0.4 is 5.32 Å². The monoisotopic (exact) mass is 883 g/mol. The Balaban J connectivity index is 3.20. The van der Waals surface area contributed by atoms with Gasteiger partial charge in [-0.2, -0.15) is 33.7 Å². The predicted octanol–water partition coefficient (Wildman–Crippen LogP) is 1.01. The molecular formula is C27H49NO23S4. The zero-order valence-corrected chi connectivity index (χ0v) is 32.9. The smallest absolute Gasteiger partial charge is 0.397 e. The largest absolute Gasteiger partial charge is 0.481 e. The van der Waals surface area contributed by atoms with E-state index in [2.05, 4.69) is 16.7 Å². The van der Waals surface area contributed by atoms with Gasteiger partial charge in [-0.25, -0.2) is 21.5 Å². The van der Waals surface area contributed by atoms with Gasteiger partial charge >= 0.3 is 53.5 Å². The molecule has 1 aliphatic heterocycles. The van der Waals surface area contributed by atoms with Gasteiger partial charge < -0.3 is 25.0 Å². The number of carboxylic acid groups (broad SMARTS) is 2. The van der Waals surface area contributed by atoms with Crippen molar-refractivity contribution in [1.29, 1.82) is 0 Å². The number of ether oxygens (including phenoxy) is 2. The molecule has 7 N–H and O–H groups in total. The number of carbonyl (C=O) groups is 3. The normalized spacial score (nSPS) is 22.2. The van der Waals surface area contributed by atoms with Gasteiger partial charge in [0.05, 0.1) is 19.3 Å². The number of carbonyl (C=O) groups excluding carboxylic acids is 1. The summed E-state index contributed by atoms with van der Waals surface area (Å²) in [6.45, 7) is -1.46. The van der Waals surface area contributed by atoms with E-state index in [0.29, 0.717) is 19.3 Å². The molecule has 324 valence electrons. The average Bonchev–Trinajstić information content (AvgIpc) is 3.00. The average molecular weight is 884 g/mol. The van der Waals surface area contributed by atoms with E-state index in [1.165, 1.54) is 0 Å². The van der Waals surface area contributed by atoms with E-state index in [1.54, 1.807) is 0 Å². The van der Waals surface area contributed by atoms with E-state index in [1.807, 2.05) is 5.32 Å². The topological polar surface area (TPSA) is 377 Å². The molecule has 0 aromatic carbocycles. The lowest BCUT2D eigenvalue weighted by Gasteiger charge is -2.47. The molecule has 24 nitrogen and oxygen atoms in total. The van der Waals surface area contributed by atoms with E-state index in [4.69, 9.17) is 19.1 Å². The van der Waals surface area contributed by atoms with Gasteiger partial charge in [-0.3, -0.25) is 27.8 Å². The fourth-order valence-electron chi connectivity index (χ4n) is 5.68. The summed E-state index contributed by atoms with van der Waals surface area (Å²) in [5.74, 6) is -7.07. The minimum absolute atomic E-state index is 0.158. The second-order valence-corrected chi connectivity index (χ2v) is 16.7. The van der Waals surface area contributed by atoms with Gasteiger partial charge in [-0.15, -0.1) is 0 Å². The Morgan fingerprint density at radius 2 is 1.18 bits per heavy atom. The Bertz CT molecular complexity index is 1670. The first-order valence-corrected chi connectivity index (χ1v) is 22.3. The van der Waals surface area contributed by atoms with Crippen molar-refractivity contribution in [3.8, 4) is 0 Å². The first kappa shape index (κ1) is 50.8. The third-order valence-electron chi connectivity index (χ3n) is 7.91. The van der Waals surface area contributed by atoms with Crippen molar-refractivity contribution in [2.75, 3.05) is 13.2 Å². The third-order valence-corrected chi connectivity index (χ3v) is 9.79. The first-order chi connectivity index (χ1) is 25.2. The molecule has 1 aliphatic rings. The summed E-state index contributed by atoms with van der Waals surface area (Å²) in [7, 11) is -22.7. The lowest BCUT2D eigenvalue weighted by molar-refractivity contribution is -0.307. The van der Waals surface area contributed by atoms with Crippen LogP contribution in [-0.4, -0.2) is 129 Å². The number of aliphatic carboxylic acids is 2. The predicted molar refractivity (Wildman–Crippen MR) is 182 cm³/mol. The zero-order chi connectivity index (χ0) is 42.1. The highest BCUT2D eigenvalue weighted by atomic mass is 32.3. The molecule has 0 unspecified atom stereocenters. The van der Waals surface area contributed by atoms with Crippen molar-refractivity contribution in [3.63, 3.8) is 0 Å². The van der Waals surface area contributed by atoms with Gasteiger partial charge in [0, 0.05) is 19.8 Å². The highest BCUT2D eigenvalue weighted by molar-refractivity contribution is 7.81. The zero-order valence-electron chi connectivity index (χ0n) is 29.7. The number of hydrogen-bond acceptors (Lipinski definition) is 17. The Morgan fingerprint density at radius 1 is 0.709 bits per heavy atom. The van der Waals surface area contributed by atoms with Crippen molar-refractivity contribution in [2.24, 2.45) is 0 Å². The molecule has 0 radical (unpaired) electrons. The molecule has 1 fully saturated rings. The lowest BCUT2D eigenvalue weighted by atomic mass is 9.88. The van der Waals surface area contributed by atoms with Gasteiger partial charge in [0.15, 0.2) is 0 Å². The third kappa shape index (κ3) is 23.0. The highest BCUT2D eigenvalue weighted by Crippen LogP contribution is 2.37. The quantitative estimate of drug-likeness (QED) is 0.0391. The number of nitrogens with one attached hydrogen (secondary N) is 1. The Hall–Kier alpha value is -2.19. The lowest BCUT2D eigenvalue weighted by Crippen LogP contribution is -2.69. The second kappa shape index (κ2) is 23.3. The molecule has 0 spiro atoms. The van der Waals surface area contributed by atoms with Crippen LogP contribution in [0.1, 0.15) is 103 Å². The summed E-state index contributed by atoms with van der Waals surface area (Å²) in [6, 6.07) is -2.20. The number of unbranched alkanes of at least 4 members (excludes halogenated alkanes) is 12. The van der Waals surface area contributed by atoms with Crippen LogP contribution in [0.2, 0.25) is 0 Å². The SMILES string of the molecule is CC(=O)N[C@H]1[C@H]([C@H](OS(=O)(=O)O)[C@@H](COS(=O)(=O)O)OS(=O)(=O)O)O[C@@](OCCCCCCCCCCCCCCCC(=O)O)(C(=O)O)C[C@@H]1OS(=O)(=O)O. The molecule has 1 rings (SSSR count). The van der Waals surface area contributed by atoms with Crippen LogP contribution in [0.25, 0.3) is 0 Å². The number of hydrogen-bond donors (Lipinski definition) is 7. The van der Waals surface area contributed by atoms with Crippen molar-refractivity contribution in [2.45, 2.75) is 139 Å². The second-order valence-electron chi connectivity index (χ2n) is 12.5. The molecule has 0 bridgehead atoms. The maximum Gasteiger partial charge on any atom is 0.397 e. The summed E-state index contributed by atoms with van der Waals surface area (Å²) < 4.78 is 159. The van der Waals surface area contributed by atoms with Crippen LogP contribution in [0.4, 0.5) is 0 Å². The fraction of sp³-hybridized carbons (Fsp3) is 0.889. The van der Waals surface area contributed by atoms with Crippen LogP contribution >= 0.6 is 0 Å². The molecule has 6 atom stereocenters. The van der Waals surface area contributed by atoms with Crippen molar-refractivity contribution >= 4 is 59.4 Å². The van der Waals surface area contributed by atoms with Crippen molar-refractivity contribution in [1.82, 2.24) is 5.32 Å². The summed E-state index contributed by atoms with van der Waals surface area (Å²) in [5, 5.41) is 20.9. The highest BCUT2D eigenvalue weighted by Gasteiger charge is 2.59. The Labute approximate surface area is 319 Å². The molecule has 0 aromatic rings. The van der Waals surface area contributed by atoms with Crippen LogP contribution in [0, 0.1) is 0 Å². The van der Waals surface area contributed by atoms with Gasteiger partial charge in [-0.1, -0.05) is 70.6 Å². The molecule has 0 aliphatic carbocycles. The molecule has 1 amide bonds. The summed E-state index contributed by atoms with van der Waals surface area (Å²) in [5.41, 5.74) is 0. The van der Waals surface area contributed by atoms with Gasteiger partial charge in [0.1, 0.15) is 24.4 Å². The van der Waals surface area contributed by atoms with E-state index in [-0.39, 0.29) is 12.8 Å². The minimum Gasteiger partial charge on any atom is -0.481 e. The van der Waals surface area contributed by atoms with Crippen LogP contribution in [-0.2, 0) is 82.2 Å². The summed E-state index contributed by atoms with van der Waals surface area (Å²) in [4.78, 5) is 35.4. The maximum atomic E-state index is 12.7.